The van der Waals surface area contributed by atoms with Crippen molar-refractivity contribution in [1.82, 2.24) is 19.6 Å². The molecule has 0 aliphatic carbocycles. The van der Waals surface area contributed by atoms with Crippen molar-refractivity contribution in [2.24, 2.45) is 5.73 Å². The molecule has 0 atom stereocenters. The Bertz CT molecular complexity index is 493. The molecule has 0 saturated heterocycles. The van der Waals surface area contributed by atoms with Crippen molar-refractivity contribution in [3.63, 3.8) is 0 Å². The Morgan fingerprint density at radius 3 is 3.25 bits per heavy atom. The number of aromatic nitrogens is 4. The van der Waals surface area contributed by atoms with Crippen LogP contribution in [0.4, 0.5) is 5.82 Å². The second-order valence-electron chi connectivity index (χ2n) is 3.33. The maximum atomic E-state index is 10.5. The van der Waals surface area contributed by atoms with Gasteiger partial charge in [0.25, 0.3) is 0 Å². The van der Waals surface area contributed by atoms with Crippen molar-refractivity contribution in [3.05, 3.63) is 18.7 Å². The molecular formula is C9H12N6O. The van der Waals surface area contributed by atoms with Gasteiger partial charge in [-0.15, -0.1) is 10.2 Å². The second kappa shape index (κ2) is 4.56. The van der Waals surface area contributed by atoms with Crippen LogP contribution in [0.1, 0.15) is 12.8 Å². The van der Waals surface area contributed by atoms with Crippen molar-refractivity contribution in [2.75, 3.05) is 11.9 Å². The van der Waals surface area contributed by atoms with E-state index in [-0.39, 0.29) is 5.91 Å². The normalized spacial score (nSPS) is 10.5. The van der Waals surface area contributed by atoms with Crippen LogP contribution in [0.5, 0.6) is 0 Å². The van der Waals surface area contributed by atoms with E-state index in [0.29, 0.717) is 30.9 Å². The molecule has 0 bridgehead atoms. The molecule has 16 heavy (non-hydrogen) atoms. The molecule has 0 spiro atoms. The average molecular weight is 220 g/mol. The SMILES string of the molecule is NC(=O)CCCNc1nccn2cnnc12. The Morgan fingerprint density at radius 1 is 1.56 bits per heavy atom. The van der Waals surface area contributed by atoms with Crippen molar-refractivity contribution >= 4 is 17.4 Å². The molecule has 0 aliphatic heterocycles. The van der Waals surface area contributed by atoms with Gasteiger partial charge in [-0.1, -0.05) is 0 Å². The predicted octanol–water partition coefficient (Wildman–Crippen LogP) is -0.198. The van der Waals surface area contributed by atoms with Crippen molar-refractivity contribution in [1.29, 1.82) is 0 Å². The summed E-state index contributed by atoms with van der Waals surface area (Å²) in [7, 11) is 0. The Kier molecular flexibility index (Phi) is 2.95. The fraction of sp³-hybridized carbons (Fsp3) is 0.333. The maximum Gasteiger partial charge on any atom is 0.217 e. The number of carbonyl (C=O) groups excluding carboxylic acids is 1. The van der Waals surface area contributed by atoms with Crippen molar-refractivity contribution in [2.45, 2.75) is 12.8 Å². The Balaban J connectivity index is 1.98. The van der Waals surface area contributed by atoms with Gasteiger partial charge in [-0.05, 0) is 6.42 Å². The summed E-state index contributed by atoms with van der Waals surface area (Å²) in [4.78, 5) is 14.7. The first-order valence-corrected chi connectivity index (χ1v) is 4.94. The van der Waals surface area contributed by atoms with Crippen molar-refractivity contribution < 1.29 is 4.79 Å². The Labute approximate surface area is 91.7 Å². The monoisotopic (exact) mass is 220 g/mol. The van der Waals surface area contributed by atoms with Crippen LogP contribution in [-0.2, 0) is 4.79 Å². The number of nitrogens with zero attached hydrogens (tertiary/aromatic N) is 4. The van der Waals surface area contributed by atoms with Gasteiger partial charge < -0.3 is 11.1 Å². The lowest BCUT2D eigenvalue weighted by molar-refractivity contribution is -0.118. The van der Waals surface area contributed by atoms with Crippen LogP contribution in [0.3, 0.4) is 0 Å². The molecule has 0 fully saturated rings. The van der Waals surface area contributed by atoms with Crippen LogP contribution < -0.4 is 11.1 Å². The summed E-state index contributed by atoms with van der Waals surface area (Å²) in [6, 6.07) is 0. The number of anilines is 1. The Hall–Kier alpha value is -2.18. The summed E-state index contributed by atoms with van der Waals surface area (Å²) in [5.74, 6) is 0.361. The summed E-state index contributed by atoms with van der Waals surface area (Å²) in [5.41, 5.74) is 5.71. The summed E-state index contributed by atoms with van der Waals surface area (Å²) in [6.45, 7) is 0.627. The van der Waals surface area contributed by atoms with E-state index in [4.69, 9.17) is 5.73 Å². The highest BCUT2D eigenvalue weighted by Gasteiger charge is 2.03. The zero-order valence-electron chi connectivity index (χ0n) is 8.63. The van der Waals surface area contributed by atoms with E-state index >= 15 is 0 Å². The number of amides is 1. The van der Waals surface area contributed by atoms with Gasteiger partial charge in [-0.2, -0.15) is 0 Å². The summed E-state index contributed by atoms with van der Waals surface area (Å²) in [6.07, 6.45) is 6.07. The first-order chi connectivity index (χ1) is 7.77. The zero-order valence-corrected chi connectivity index (χ0v) is 8.63. The minimum absolute atomic E-state index is 0.296. The lowest BCUT2D eigenvalue weighted by Gasteiger charge is -2.04. The third kappa shape index (κ3) is 2.25. The largest absolute Gasteiger partial charge is 0.370 e. The lowest BCUT2D eigenvalue weighted by Crippen LogP contribution is -2.13. The van der Waals surface area contributed by atoms with Gasteiger partial charge in [0.1, 0.15) is 6.33 Å². The van der Waals surface area contributed by atoms with Crippen LogP contribution in [0.25, 0.3) is 5.65 Å². The quantitative estimate of drug-likeness (QED) is 0.680. The molecular weight excluding hydrogens is 208 g/mol. The third-order valence-corrected chi connectivity index (χ3v) is 2.11. The van der Waals surface area contributed by atoms with Crippen molar-refractivity contribution in [3.8, 4) is 0 Å². The smallest absolute Gasteiger partial charge is 0.217 e. The number of hydrogen-bond acceptors (Lipinski definition) is 5. The van der Waals surface area contributed by atoms with Crippen LogP contribution in [0, 0.1) is 0 Å². The zero-order chi connectivity index (χ0) is 11.4. The first-order valence-electron chi connectivity index (χ1n) is 4.94. The number of hydrogen-bond donors (Lipinski definition) is 2. The number of carbonyl (C=O) groups is 1. The molecule has 2 aromatic heterocycles. The highest BCUT2D eigenvalue weighted by Crippen LogP contribution is 2.09. The highest BCUT2D eigenvalue weighted by atomic mass is 16.1. The van der Waals surface area contributed by atoms with Gasteiger partial charge in [0.05, 0.1) is 0 Å². The highest BCUT2D eigenvalue weighted by molar-refractivity contribution is 5.73. The van der Waals surface area contributed by atoms with Gasteiger partial charge in [-0.25, -0.2) is 4.98 Å². The molecule has 0 aromatic carbocycles. The molecule has 7 heteroatoms. The average Bonchev–Trinajstić information content (AvgIpc) is 2.72. The van der Waals surface area contributed by atoms with E-state index in [1.807, 2.05) is 0 Å². The van der Waals surface area contributed by atoms with Gasteiger partial charge in [0.15, 0.2) is 5.82 Å². The van der Waals surface area contributed by atoms with E-state index < -0.39 is 0 Å². The minimum Gasteiger partial charge on any atom is -0.370 e. The van der Waals surface area contributed by atoms with Gasteiger partial charge in [0.2, 0.25) is 11.6 Å². The number of nitrogens with two attached hydrogens (primary N) is 1. The number of fused-ring (bicyclic) bond motifs is 1. The van der Waals surface area contributed by atoms with E-state index in [9.17, 15) is 4.79 Å². The molecule has 3 N–H and O–H groups in total. The van der Waals surface area contributed by atoms with Crippen LogP contribution in [-0.4, -0.2) is 32.0 Å². The minimum atomic E-state index is -0.296. The topological polar surface area (TPSA) is 98.2 Å². The lowest BCUT2D eigenvalue weighted by atomic mass is 10.3. The molecule has 2 heterocycles. The molecule has 0 radical (unpaired) electrons. The molecule has 2 rings (SSSR count). The number of primary amides is 1. The van der Waals surface area contributed by atoms with Crippen LogP contribution >= 0.6 is 0 Å². The first kappa shape index (κ1) is 10.3. The summed E-state index contributed by atoms with van der Waals surface area (Å²) in [5, 5.41) is 10.8. The third-order valence-electron chi connectivity index (χ3n) is 2.11. The van der Waals surface area contributed by atoms with E-state index in [2.05, 4.69) is 20.5 Å². The predicted molar refractivity (Wildman–Crippen MR) is 57.7 cm³/mol. The Morgan fingerprint density at radius 2 is 2.44 bits per heavy atom. The molecule has 0 aliphatic rings. The second-order valence-corrected chi connectivity index (χ2v) is 3.33. The molecule has 0 saturated carbocycles. The van der Waals surface area contributed by atoms with Crippen LogP contribution in [0.15, 0.2) is 18.7 Å². The van der Waals surface area contributed by atoms with Gasteiger partial charge in [-0.3, -0.25) is 9.20 Å². The molecule has 84 valence electrons. The fourth-order valence-corrected chi connectivity index (χ4v) is 1.35. The standard InChI is InChI=1S/C9H12N6O/c10-7(16)2-1-3-11-8-9-14-13-6-15(9)5-4-12-8/h4-6H,1-3H2,(H2,10,16)(H,11,12). The maximum absolute atomic E-state index is 10.5. The molecule has 1 amide bonds. The molecule has 0 unspecified atom stereocenters. The van der Waals surface area contributed by atoms with Gasteiger partial charge in [0, 0.05) is 25.4 Å². The summed E-state index contributed by atoms with van der Waals surface area (Å²) >= 11 is 0. The molecule has 7 nitrogen and oxygen atoms in total. The van der Waals surface area contributed by atoms with Gasteiger partial charge >= 0.3 is 0 Å². The molecule has 2 aromatic rings. The van der Waals surface area contributed by atoms with E-state index in [0.717, 1.165) is 0 Å². The number of nitrogens with one attached hydrogen (secondary N) is 1. The number of rotatable bonds is 5. The van der Waals surface area contributed by atoms with Crippen LogP contribution in [0.2, 0.25) is 0 Å². The fourth-order valence-electron chi connectivity index (χ4n) is 1.35. The van der Waals surface area contributed by atoms with E-state index in [1.54, 1.807) is 23.1 Å². The van der Waals surface area contributed by atoms with E-state index in [1.165, 1.54) is 0 Å². The summed E-state index contributed by atoms with van der Waals surface area (Å²) < 4.78 is 1.77.